The van der Waals surface area contributed by atoms with Gasteiger partial charge in [-0.3, -0.25) is 4.79 Å². The van der Waals surface area contributed by atoms with Crippen molar-refractivity contribution in [3.8, 4) is 5.69 Å². The lowest BCUT2D eigenvalue weighted by molar-refractivity contribution is -0.117. The Morgan fingerprint density at radius 3 is 2.71 bits per heavy atom. The molecule has 4 rings (SSSR count). The van der Waals surface area contributed by atoms with Crippen LogP contribution >= 0.6 is 0 Å². The molecule has 0 spiro atoms. The zero-order chi connectivity index (χ0) is 16.5. The maximum atomic E-state index is 13.0. The summed E-state index contributed by atoms with van der Waals surface area (Å²) < 4.78 is 14.9. The summed E-state index contributed by atoms with van der Waals surface area (Å²) >= 11 is 0. The van der Waals surface area contributed by atoms with Crippen molar-refractivity contribution in [3.63, 3.8) is 0 Å². The fourth-order valence-corrected chi connectivity index (χ4v) is 2.99. The normalized spacial score (nSPS) is 19.0. The number of para-hydroxylation sites is 2. The third kappa shape index (κ3) is 2.80. The lowest BCUT2D eigenvalue weighted by atomic mass is 10.1. The first-order valence-electron chi connectivity index (χ1n) is 7.86. The van der Waals surface area contributed by atoms with Gasteiger partial charge in [0, 0.05) is 18.3 Å². The molecule has 1 heterocycles. The number of carbonyl (C=O) groups is 1. The van der Waals surface area contributed by atoms with Gasteiger partial charge in [0.1, 0.15) is 5.82 Å². The van der Waals surface area contributed by atoms with Crippen molar-refractivity contribution in [3.05, 3.63) is 78.6 Å². The van der Waals surface area contributed by atoms with Crippen LogP contribution in [0.25, 0.3) is 5.69 Å². The molecule has 3 aromatic rings. The Morgan fingerprint density at radius 2 is 1.96 bits per heavy atom. The van der Waals surface area contributed by atoms with Crippen LogP contribution in [0.3, 0.4) is 0 Å². The number of nitrogens with zero attached hydrogens (tertiary/aromatic N) is 2. The van der Waals surface area contributed by atoms with Gasteiger partial charge < -0.3 is 9.88 Å². The molecule has 4 nitrogen and oxygen atoms in total. The van der Waals surface area contributed by atoms with Gasteiger partial charge in [-0.2, -0.15) is 0 Å². The Labute approximate surface area is 139 Å². The standard InChI is InChI=1S/C19H16FN3O/c20-14-7-5-13(6-8-14)15-11-16(15)19(24)22-17-3-1-2-4-18(17)23-10-9-21-12-23/h1-10,12,15-16H,11H2,(H,22,24)/t15-,16-/m0/s1. The first-order chi connectivity index (χ1) is 11.7. The van der Waals surface area contributed by atoms with Crippen LogP contribution in [0.1, 0.15) is 17.9 Å². The Hall–Kier alpha value is -2.95. The molecule has 1 N–H and O–H groups in total. The van der Waals surface area contributed by atoms with E-state index in [1.165, 1.54) is 12.1 Å². The van der Waals surface area contributed by atoms with Crippen molar-refractivity contribution in [2.24, 2.45) is 5.92 Å². The second-order valence-corrected chi connectivity index (χ2v) is 5.98. The minimum atomic E-state index is -0.255. The predicted molar refractivity (Wildman–Crippen MR) is 89.4 cm³/mol. The van der Waals surface area contributed by atoms with Gasteiger partial charge in [-0.25, -0.2) is 9.37 Å². The molecule has 0 radical (unpaired) electrons. The second kappa shape index (κ2) is 5.92. The summed E-state index contributed by atoms with van der Waals surface area (Å²) in [7, 11) is 0. The van der Waals surface area contributed by atoms with Gasteiger partial charge in [-0.1, -0.05) is 24.3 Å². The molecule has 0 bridgehead atoms. The van der Waals surface area contributed by atoms with E-state index < -0.39 is 0 Å². The fourth-order valence-electron chi connectivity index (χ4n) is 2.99. The molecule has 0 aliphatic heterocycles. The summed E-state index contributed by atoms with van der Waals surface area (Å²) in [6, 6.07) is 14.0. The van der Waals surface area contributed by atoms with Crippen LogP contribution in [-0.4, -0.2) is 15.5 Å². The van der Waals surface area contributed by atoms with Crippen LogP contribution in [0.5, 0.6) is 0 Å². The molecule has 1 aliphatic carbocycles. The first-order valence-corrected chi connectivity index (χ1v) is 7.86. The maximum absolute atomic E-state index is 13.0. The van der Waals surface area contributed by atoms with Crippen molar-refractivity contribution < 1.29 is 9.18 Å². The number of carbonyl (C=O) groups excluding carboxylic acids is 1. The van der Waals surface area contributed by atoms with Gasteiger partial charge in [0.25, 0.3) is 0 Å². The van der Waals surface area contributed by atoms with E-state index in [9.17, 15) is 9.18 Å². The predicted octanol–water partition coefficient (Wildman–Crippen LogP) is 3.75. The largest absolute Gasteiger partial charge is 0.324 e. The molecule has 24 heavy (non-hydrogen) atoms. The molecule has 1 amide bonds. The van der Waals surface area contributed by atoms with E-state index in [1.807, 2.05) is 35.0 Å². The van der Waals surface area contributed by atoms with Gasteiger partial charge in [0.15, 0.2) is 0 Å². The van der Waals surface area contributed by atoms with E-state index in [0.717, 1.165) is 23.4 Å². The van der Waals surface area contributed by atoms with Crippen molar-refractivity contribution in [2.45, 2.75) is 12.3 Å². The fraction of sp³-hybridized carbons (Fsp3) is 0.158. The molecule has 1 saturated carbocycles. The molecule has 5 heteroatoms. The lowest BCUT2D eigenvalue weighted by Crippen LogP contribution is -2.16. The summed E-state index contributed by atoms with van der Waals surface area (Å²) in [4.78, 5) is 16.6. The molecule has 1 fully saturated rings. The zero-order valence-corrected chi connectivity index (χ0v) is 12.9. The highest BCUT2D eigenvalue weighted by Crippen LogP contribution is 2.48. The number of rotatable bonds is 4. The van der Waals surface area contributed by atoms with E-state index in [2.05, 4.69) is 10.3 Å². The number of hydrogen-bond donors (Lipinski definition) is 1. The topological polar surface area (TPSA) is 46.9 Å². The number of anilines is 1. The average molecular weight is 321 g/mol. The van der Waals surface area contributed by atoms with Gasteiger partial charge in [0.05, 0.1) is 17.7 Å². The monoisotopic (exact) mass is 321 g/mol. The van der Waals surface area contributed by atoms with Crippen LogP contribution < -0.4 is 5.32 Å². The Morgan fingerprint density at radius 1 is 1.17 bits per heavy atom. The summed E-state index contributed by atoms with van der Waals surface area (Å²) in [6.07, 6.45) is 6.03. The molecule has 2 atom stereocenters. The SMILES string of the molecule is O=C(Nc1ccccc1-n1ccnc1)[C@H]1C[C@H]1c1ccc(F)cc1. The number of amides is 1. The summed E-state index contributed by atoms with van der Waals surface area (Å²) in [5, 5.41) is 3.01. The maximum Gasteiger partial charge on any atom is 0.228 e. The van der Waals surface area contributed by atoms with Crippen molar-refractivity contribution in [1.29, 1.82) is 0 Å². The average Bonchev–Trinajstić information content (AvgIpc) is 3.21. The second-order valence-electron chi connectivity index (χ2n) is 5.98. The number of hydrogen-bond acceptors (Lipinski definition) is 2. The van der Waals surface area contributed by atoms with E-state index in [-0.39, 0.29) is 23.6 Å². The van der Waals surface area contributed by atoms with Crippen LogP contribution in [0.2, 0.25) is 0 Å². The van der Waals surface area contributed by atoms with E-state index in [4.69, 9.17) is 0 Å². The van der Waals surface area contributed by atoms with E-state index >= 15 is 0 Å². The van der Waals surface area contributed by atoms with Gasteiger partial charge in [-0.15, -0.1) is 0 Å². The Balaban J connectivity index is 1.49. The minimum absolute atomic E-state index is 0.00288. The van der Waals surface area contributed by atoms with Gasteiger partial charge in [0.2, 0.25) is 5.91 Å². The third-order valence-corrected chi connectivity index (χ3v) is 4.37. The van der Waals surface area contributed by atoms with Crippen LogP contribution in [0.4, 0.5) is 10.1 Å². The summed E-state index contributed by atoms with van der Waals surface area (Å²) in [5.41, 5.74) is 2.65. The van der Waals surface area contributed by atoms with Gasteiger partial charge >= 0.3 is 0 Å². The molecular formula is C19H16FN3O. The van der Waals surface area contributed by atoms with Crippen LogP contribution in [0, 0.1) is 11.7 Å². The molecule has 0 unspecified atom stereocenters. The van der Waals surface area contributed by atoms with Crippen molar-refractivity contribution in [2.75, 3.05) is 5.32 Å². The quantitative estimate of drug-likeness (QED) is 0.795. The number of halogens is 1. The minimum Gasteiger partial charge on any atom is -0.324 e. The zero-order valence-electron chi connectivity index (χ0n) is 12.9. The third-order valence-electron chi connectivity index (χ3n) is 4.37. The number of benzene rings is 2. The molecule has 120 valence electrons. The first kappa shape index (κ1) is 14.6. The Bertz CT molecular complexity index is 859. The van der Waals surface area contributed by atoms with Crippen LogP contribution in [-0.2, 0) is 4.79 Å². The van der Waals surface area contributed by atoms with E-state index in [0.29, 0.717) is 0 Å². The highest BCUT2D eigenvalue weighted by molar-refractivity contribution is 5.96. The van der Waals surface area contributed by atoms with Crippen molar-refractivity contribution in [1.82, 2.24) is 9.55 Å². The number of imidazole rings is 1. The molecule has 2 aromatic carbocycles. The number of aromatic nitrogens is 2. The summed E-state index contributed by atoms with van der Waals surface area (Å²) in [6.45, 7) is 0. The highest BCUT2D eigenvalue weighted by Gasteiger charge is 2.44. The van der Waals surface area contributed by atoms with Crippen molar-refractivity contribution >= 4 is 11.6 Å². The van der Waals surface area contributed by atoms with Crippen LogP contribution in [0.15, 0.2) is 67.3 Å². The summed E-state index contributed by atoms with van der Waals surface area (Å²) in [5.74, 6) is -0.149. The number of nitrogens with one attached hydrogen (secondary N) is 1. The van der Waals surface area contributed by atoms with E-state index in [1.54, 1.807) is 24.7 Å². The molecule has 0 saturated heterocycles. The lowest BCUT2D eigenvalue weighted by Gasteiger charge is -2.11. The van der Waals surface area contributed by atoms with Gasteiger partial charge in [-0.05, 0) is 42.2 Å². The molecule has 1 aliphatic rings. The molecule has 1 aromatic heterocycles. The Kier molecular flexibility index (Phi) is 3.61. The smallest absolute Gasteiger partial charge is 0.228 e. The molecular weight excluding hydrogens is 305 g/mol. The highest BCUT2D eigenvalue weighted by atomic mass is 19.1.